The molecule has 0 radical (unpaired) electrons. The van der Waals surface area contributed by atoms with Crippen LogP contribution >= 0.6 is 0 Å². The zero-order valence-electron chi connectivity index (χ0n) is 8.77. The zero-order valence-corrected chi connectivity index (χ0v) is 8.77. The van der Waals surface area contributed by atoms with E-state index in [0.717, 1.165) is 11.3 Å². The number of rotatable bonds is 2. The third kappa shape index (κ3) is 1.70. The molecule has 15 heavy (non-hydrogen) atoms. The Morgan fingerprint density at radius 2 is 2.07 bits per heavy atom. The Labute approximate surface area is 87.6 Å². The second-order valence-electron chi connectivity index (χ2n) is 3.72. The van der Waals surface area contributed by atoms with Crippen molar-refractivity contribution in [3.63, 3.8) is 0 Å². The summed E-state index contributed by atoms with van der Waals surface area (Å²) in [6, 6.07) is 7.79. The first kappa shape index (κ1) is 9.71. The van der Waals surface area contributed by atoms with Crippen LogP contribution in [0.4, 0.5) is 0 Å². The maximum absolute atomic E-state index is 11.4. The van der Waals surface area contributed by atoms with E-state index in [1.54, 1.807) is 0 Å². The van der Waals surface area contributed by atoms with Gasteiger partial charge in [0.25, 0.3) is 0 Å². The topological polar surface area (TPSA) is 50.7 Å². The molecule has 0 bridgehead atoms. The number of para-hydroxylation sites is 1. The number of H-pyrrole nitrogens is 1. The maximum atomic E-state index is 11.4. The molecule has 4 heteroatoms. The third-order valence-corrected chi connectivity index (χ3v) is 2.34. The quantitative estimate of drug-likeness (QED) is 0.807. The van der Waals surface area contributed by atoms with Crippen molar-refractivity contribution in [2.45, 2.75) is 19.8 Å². The van der Waals surface area contributed by atoms with Crippen LogP contribution in [-0.2, 0) is 0 Å². The summed E-state index contributed by atoms with van der Waals surface area (Å²) < 4.78 is 1.38. The Bertz CT molecular complexity index is 510. The molecule has 0 amide bonds. The largest absolute Gasteiger partial charge is 0.347 e. The van der Waals surface area contributed by atoms with Crippen LogP contribution in [0.5, 0.6) is 0 Å². The molecule has 0 saturated carbocycles. The van der Waals surface area contributed by atoms with E-state index in [9.17, 15) is 4.79 Å². The third-order valence-electron chi connectivity index (χ3n) is 2.34. The van der Waals surface area contributed by atoms with Crippen molar-refractivity contribution in [2.24, 2.45) is 0 Å². The number of nitrogens with one attached hydrogen (secondary N) is 1. The molecule has 1 heterocycles. The first-order valence-electron chi connectivity index (χ1n) is 4.92. The molecule has 0 atom stereocenters. The predicted octanol–water partition coefficient (Wildman–Crippen LogP) is 1.68. The number of hydrogen-bond donors (Lipinski definition) is 1. The van der Waals surface area contributed by atoms with Crippen molar-refractivity contribution in [1.29, 1.82) is 0 Å². The Balaban J connectivity index is 2.63. The summed E-state index contributed by atoms with van der Waals surface area (Å²) in [4.78, 5) is 14.0. The second kappa shape index (κ2) is 3.73. The van der Waals surface area contributed by atoms with E-state index >= 15 is 0 Å². The van der Waals surface area contributed by atoms with Crippen LogP contribution in [0.1, 0.15) is 25.3 Å². The smallest absolute Gasteiger partial charge is 0.295 e. The lowest BCUT2D eigenvalue weighted by molar-refractivity contribution is 0.790. The van der Waals surface area contributed by atoms with E-state index in [0.29, 0.717) is 5.92 Å². The van der Waals surface area contributed by atoms with Crippen LogP contribution in [0.25, 0.3) is 5.69 Å². The Morgan fingerprint density at radius 1 is 1.33 bits per heavy atom. The molecule has 1 aromatic heterocycles. The van der Waals surface area contributed by atoms with E-state index in [-0.39, 0.29) is 5.69 Å². The van der Waals surface area contributed by atoms with Crippen molar-refractivity contribution in [1.82, 2.24) is 14.8 Å². The SMILES string of the molecule is CC(C)c1ccccc1-n1nc[nH]c1=O. The van der Waals surface area contributed by atoms with Crippen molar-refractivity contribution in [2.75, 3.05) is 0 Å². The fourth-order valence-corrected chi connectivity index (χ4v) is 1.60. The fourth-order valence-electron chi connectivity index (χ4n) is 1.60. The van der Waals surface area contributed by atoms with Gasteiger partial charge in [-0.3, -0.25) is 4.98 Å². The highest BCUT2D eigenvalue weighted by atomic mass is 16.1. The van der Waals surface area contributed by atoms with Gasteiger partial charge in [-0.25, -0.2) is 4.79 Å². The van der Waals surface area contributed by atoms with Gasteiger partial charge in [-0.1, -0.05) is 32.0 Å². The highest BCUT2D eigenvalue weighted by Crippen LogP contribution is 2.20. The van der Waals surface area contributed by atoms with Gasteiger partial charge < -0.3 is 0 Å². The molecule has 2 aromatic rings. The van der Waals surface area contributed by atoms with Gasteiger partial charge in [-0.2, -0.15) is 9.78 Å². The first-order chi connectivity index (χ1) is 7.20. The van der Waals surface area contributed by atoms with Crippen molar-refractivity contribution in [3.05, 3.63) is 46.6 Å². The lowest BCUT2D eigenvalue weighted by Crippen LogP contribution is -2.17. The van der Waals surface area contributed by atoms with Crippen molar-refractivity contribution in [3.8, 4) is 5.69 Å². The van der Waals surface area contributed by atoms with Crippen LogP contribution in [0.3, 0.4) is 0 Å². The maximum Gasteiger partial charge on any atom is 0.347 e. The second-order valence-corrected chi connectivity index (χ2v) is 3.72. The van der Waals surface area contributed by atoms with E-state index in [1.807, 2.05) is 24.3 Å². The molecular formula is C11H13N3O. The average molecular weight is 203 g/mol. The molecule has 1 N–H and O–H groups in total. The summed E-state index contributed by atoms with van der Waals surface area (Å²) in [6.07, 6.45) is 1.40. The minimum atomic E-state index is -0.205. The molecule has 2 rings (SSSR count). The minimum absolute atomic E-state index is 0.205. The van der Waals surface area contributed by atoms with E-state index in [1.165, 1.54) is 11.0 Å². The summed E-state index contributed by atoms with van der Waals surface area (Å²) in [5.74, 6) is 0.366. The fraction of sp³-hybridized carbons (Fsp3) is 0.273. The Hall–Kier alpha value is -1.84. The van der Waals surface area contributed by atoms with E-state index < -0.39 is 0 Å². The lowest BCUT2D eigenvalue weighted by atomic mass is 10.0. The summed E-state index contributed by atoms with van der Waals surface area (Å²) in [5, 5.41) is 3.98. The van der Waals surface area contributed by atoms with Crippen LogP contribution in [0.2, 0.25) is 0 Å². The van der Waals surface area contributed by atoms with E-state index in [4.69, 9.17) is 0 Å². The Kier molecular flexibility index (Phi) is 2.41. The minimum Gasteiger partial charge on any atom is -0.295 e. The number of aromatic nitrogens is 3. The summed E-state index contributed by atoms with van der Waals surface area (Å²) in [6.45, 7) is 4.19. The molecular weight excluding hydrogens is 190 g/mol. The van der Waals surface area contributed by atoms with Crippen LogP contribution in [0.15, 0.2) is 35.4 Å². The highest BCUT2D eigenvalue weighted by molar-refractivity contribution is 5.41. The molecule has 78 valence electrons. The monoisotopic (exact) mass is 203 g/mol. The van der Waals surface area contributed by atoms with Crippen molar-refractivity contribution >= 4 is 0 Å². The number of aromatic amines is 1. The molecule has 1 aromatic carbocycles. The van der Waals surface area contributed by atoms with Gasteiger partial charge in [0, 0.05) is 0 Å². The number of benzene rings is 1. The predicted molar refractivity (Wildman–Crippen MR) is 58.3 cm³/mol. The standard InChI is InChI=1S/C11H13N3O/c1-8(2)9-5-3-4-6-10(9)14-11(15)12-7-13-14/h3-8H,1-2H3,(H,12,13,15). The van der Waals surface area contributed by atoms with Crippen LogP contribution < -0.4 is 5.69 Å². The van der Waals surface area contributed by atoms with Gasteiger partial charge in [-0.15, -0.1) is 0 Å². The molecule has 0 unspecified atom stereocenters. The Morgan fingerprint density at radius 3 is 2.67 bits per heavy atom. The molecule has 0 aliphatic heterocycles. The molecule has 0 fully saturated rings. The summed E-state index contributed by atoms with van der Waals surface area (Å²) >= 11 is 0. The van der Waals surface area contributed by atoms with Gasteiger partial charge in [0.2, 0.25) is 0 Å². The normalized spacial score (nSPS) is 10.9. The molecule has 4 nitrogen and oxygen atoms in total. The molecule has 0 saturated heterocycles. The lowest BCUT2D eigenvalue weighted by Gasteiger charge is -2.10. The molecule has 0 aliphatic carbocycles. The van der Waals surface area contributed by atoms with Gasteiger partial charge in [-0.05, 0) is 17.5 Å². The van der Waals surface area contributed by atoms with Crippen molar-refractivity contribution < 1.29 is 0 Å². The van der Waals surface area contributed by atoms with Gasteiger partial charge in [0.05, 0.1) is 5.69 Å². The molecule has 0 spiro atoms. The van der Waals surface area contributed by atoms with Gasteiger partial charge >= 0.3 is 5.69 Å². The average Bonchev–Trinajstić information content (AvgIpc) is 2.64. The molecule has 0 aliphatic rings. The number of hydrogen-bond acceptors (Lipinski definition) is 2. The highest BCUT2D eigenvalue weighted by Gasteiger charge is 2.09. The van der Waals surface area contributed by atoms with Crippen LogP contribution in [0, 0.1) is 0 Å². The van der Waals surface area contributed by atoms with Gasteiger partial charge in [0.15, 0.2) is 0 Å². The van der Waals surface area contributed by atoms with E-state index in [2.05, 4.69) is 23.9 Å². The van der Waals surface area contributed by atoms with Gasteiger partial charge in [0.1, 0.15) is 6.33 Å². The first-order valence-corrected chi connectivity index (χ1v) is 4.92. The zero-order chi connectivity index (χ0) is 10.8. The summed E-state index contributed by atoms with van der Waals surface area (Å²) in [7, 11) is 0. The summed E-state index contributed by atoms with van der Waals surface area (Å²) in [5.41, 5.74) is 1.76. The number of nitrogens with zero attached hydrogens (tertiary/aromatic N) is 2. The van der Waals surface area contributed by atoms with Crippen LogP contribution in [-0.4, -0.2) is 14.8 Å².